The molecule has 2 aliphatic heterocycles. The molecule has 3 aliphatic rings. The van der Waals surface area contributed by atoms with Gasteiger partial charge in [0, 0.05) is 26.2 Å². The van der Waals surface area contributed by atoms with E-state index in [4.69, 9.17) is 4.98 Å². The highest BCUT2D eigenvalue weighted by molar-refractivity contribution is 7.88. The molecule has 8 heteroatoms. The molecular formula is C20H28N4O3S. The van der Waals surface area contributed by atoms with Gasteiger partial charge in [-0.25, -0.2) is 18.2 Å². The highest BCUT2D eigenvalue weighted by Crippen LogP contribution is 2.40. The molecule has 0 N–H and O–H groups in total. The molecule has 2 aromatic heterocycles. The van der Waals surface area contributed by atoms with Crippen LogP contribution in [0.4, 0.5) is 0 Å². The van der Waals surface area contributed by atoms with E-state index in [-0.39, 0.29) is 23.1 Å². The molecule has 28 heavy (non-hydrogen) atoms. The highest BCUT2D eigenvalue weighted by Gasteiger charge is 2.39. The Balaban J connectivity index is 1.78. The first-order valence-corrected chi connectivity index (χ1v) is 11.6. The number of piperidine rings is 1. The molecule has 0 amide bonds. The van der Waals surface area contributed by atoms with Gasteiger partial charge in [0.15, 0.2) is 5.65 Å². The van der Waals surface area contributed by atoms with Crippen LogP contribution in [0.1, 0.15) is 39.3 Å². The van der Waals surface area contributed by atoms with E-state index in [9.17, 15) is 13.2 Å². The lowest BCUT2D eigenvalue weighted by Gasteiger charge is -2.42. The Labute approximate surface area is 165 Å². The van der Waals surface area contributed by atoms with Gasteiger partial charge in [-0.05, 0) is 41.9 Å². The number of sulfonamides is 1. The zero-order valence-corrected chi connectivity index (χ0v) is 18.0. The van der Waals surface area contributed by atoms with Crippen molar-refractivity contribution in [2.24, 2.45) is 18.4 Å². The van der Waals surface area contributed by atoms with Crippen LogP contribution in [0.2, 0.25) is 0 Å². The maximum Gasteiger partial charge on any atom is 0.330 e. The Bertz CT molecular complexity index is 1130. The van der Waals surface area contributed by atoms with Crippen molar-refractivity contribution in [3.63, 3.8) is 0 Å². The van der Waals surface area contributed by atoms with Gasteiger partial charge in [-0.1, -0.05) is 26.8 Å². The van der Waals surface area contributed by atoms with Crippen molar-refractivity contribution in [2.45, 2.75) is 46.2 Å². The predicted octanol–water partition coefficient (Wildman–Crippen LogP) is 2.22. The minimum absolute atomic E-state index is 0.0169. The van der Waals surface area contributed by atoms with Crippen molar-refractivity contribution in [3.05, 3.63) is 34.4 Å². The summed E-state index contributed by atoms with van der Waals surface area (Å²) < 4.78 is 29.1. The van der Waals surface area contributed by atoms with Gasteiger partial charge in [0.25, 0.3) is 0 Å². The van der Waals surface area contributed by atoms with E-state index in [0.717, 1.165) is 29.6 Å². The third-order valence-corrected chi connectivity index (χ3v) is 7.00. The molecule has 2 atom stereocenters. The van der Waals surface area contributed by atoms with Gasteiger partial charge in [0.1, 0.15) is 0 Å². The third-order valence-electron chi connectivity index (χ3n) is 5.73. The van der Waals surface area contributed by atoms with Gasteiger partial charge < -0.3 is 0 Å². The Kier molecular flexibility index (Phi) is 4.35. The first-order chi connectivity index (χ1) is 13.0. The number of pyridine rings is 1. The fourth-order valence-electron chi connectivity index (χ4n) is 4.46. The van der Waals surface area contributed by atoms with E-state index in [2.05, 4.69) is 26.8 Å². The largest absolute Gasteiger partial charge is 0.330 e. The Morgan fingerprint density at radius 2 is 1.93 bits per heavy atom. The van der Waals surface area contributed by atoms with Gasteiger partial charge in [0.2, 0.25) is 10.0 Å². The van der Waals surface area contributed by atoms with Crippen LogP contribution in [0.3, 0.4) is 0 Å². The summed E-state index contributed by atoms with van der Waals surface area (Å²) in [6.07, 6.45) is 5.15. The quantitative estimate of drug-likeness (QED) is 0.786. The number of rotatable bonds is 3. The van der Waals surface area contributed by atoms with E-state index in [1.54, 1.807) is 20.5 Å². The lowest BCUT2D eigenvalue weighted by atomic mass is 9.79. The lowest BCUT2D eigenvalue weighted by molar-refractivity contribution is 0.242. The molecule has 1 aliphatic carbocycles. The summed E-state index contributed by atoms with van der Waals surface area (Å²) in [4.78, 5) is 17.6. The molecular weight excluding hydrogens is 376 g/mol. The van der Waals surface area contributed by atoms with Crippen LogP contribution in [-0.4, -0.2) is 45.7 Å². The number of imidazole rings is 1. The molecule has 0 spiro atoms. The van der Waals surface area contributed by atoms with Gasteiger partial charge >= 0.3 is 5.69 Å². The zero-order valence-electron chi connectivity index (χ0n) is 17.1. The summed E-state index contributed by atoms with van der Waals surface area (Å²) in [7, 11) is -1.45. The number of fused-ring (bicyclic) bond motifs is 3. The number of aromatic nitrogens is 3. The first kappa shape index (κ1) is 19.4. The van der Waals surface area contributed by atoms with Crippen molar-refractivity contribution < 1.29 is 8.42 Å². The summed E-state index contributed by atoms with van der Waals surface area (Å²) in [6.45, 7) is 7.46. The zero-order chi connectivity index (χ0) is 20.4. The maximum atomic E-state index is 12.7. The van der Waals surface area contributed by atoms with Gasteiger partial charge in [-0.2, -0.15) is 4.31 Å². The van der Waals surface area contributed by atoms with Crippen LogP contribution >= 0.6 is 0 Å². The van der Waals surface area contributed by atoms with Crippen molar-refractivity contribution in [1.82, 2.24) is 18.4 Å². The molecule has 2 bridgehead atoms. The van der Waals surface area contributed by atoms with Crippen molar-refractivity contribution >= 4 is 26.8 Å². The average molecular weight is 405 g/mol. The molecule has 5 rings (SSSR count). The summed E-state index contributed by atoms with van der Waals surface area (Å²) in [5, 5.41) is 0. The average Bonchev–Trinajstić information content (AvgIpc) is 2.84. The van der Waals surface area contributed by atoms with Crippen LogP contribution in [-0.2, 0) is 23.6 Å². The molecule has 1 saturated heterocycles. The fraction of sp³-hybridized carbons (Fsp3) is 0.600. The van der Waals surface area contributed by atoms with E-state index in [1.807, 2.05) is 12.1 Å². The van der Waals surface area contributed by atoms with Crippen LogP contribution in [0.15, 0.2) is 23.0 Å². The van der Waals surface area contributed by atoms with E-state index < -0.39 is 10.0 Å². The van der Waals surface area contributed by atoms with Crippen LogP contribution in [0, 0.1) is 11.3 Å². The number of aryl methyl sites for hydroxylation is 1. The SMILES string of the molecule is Cn1c(=O)n(CC(C)(C)C)c2ccc(C3=CC4CCC3CN4S(C)(=O)=O)nc21. The van der Waals surface area contributed by atoms with Crippen LogP contribution < -0.4 is 5.69 Å². The molecule has 0 aromatic carbocycles. The second kappa shape index (κ2) is 6.29. The molecule has 4 heterocycles. The normalized spacial score (nSPS) is 23.4. The molecule has 2 aromatic rings. The summed E-state index contributed by atoms with van der Waals surface area (Å²) in [6, 6.07) is 3.85. The Morgan fingerprint density at radius 3 is 2.50 bits per heavy atom. The molecule has 2 unspecified atom stereocenters. The standard InChI is InChI=1S/C20H28N4O3S/c1-20(2,3)12-23-17-9-8-16(21-18(17)22(4)19(23)25)15-10-14-7-6-13(15)11-24(14)28(5,26)27/h8-10,13-14H,6-7,11-12H2,1-5H3. The predicted molar refractivity (Wildman–Crippen MR) is 110 cm³/mol. The van der Waals surface area contributed by atoms with Gasteiger partial charge in [0.05, 0.1) is 17.5 Å². The number of hydrogen-bond acceptors (Lipinski definition) is 4. The summed E-state index contributed by atoms with van der Waals surface area (Å²) >= 11 is 0. The molecule has 152 valence electrons. The summed E-state index contributed by atoms with van der Waals surface area (Å²) in [5.74, 6) is 0.151. The highest BCUT2D eigenvalue weighted by atomic mass is 32.2. The number of nitrogens with zero attached hydrogens (tertiary/aromatic N) is 4. The number of hydrogen-bond donors (Lipinski definition) is 0. The van der Waals surface area contributed by atoms with E-state index in [1.165, 1.54) is 6.26 Å². The Hall–Kier alpha value is -1.93. The van der Waals surface area contributed by atoms with Crippen molar-refractivity contribution in [1.29, 1.82) is 0 Å². The minimum Gasteiger partial charge on any atom is -0.290 e. The first-order valence-electron chi connectivity index (χ1n) is 9.71. The third kappa shape index (κ3) is 3.22. The topological polar surface area (TPSA) is 77.2 Å². The fourth-order valence-corrected chi connectivity index (χ4v) is 5.57. The lowest BCUT2D eigenvalue weighted by Crippen LogP contribution is -2.49. The smallest absolute Gasteiger partial charge is 0.290 e. The summed E-state index contributed by atoms with van der Waals surface area (Å²) in [5.41, 5.74) is 3.39. The van der Waals surface area contributed by atoms with E-state index in [0.29, 0.717) is 18.7 Å². The molecule has 0 radical (unpaired) electrons. The monoisotopic (exact) mass is 404 g/mol. The van der Waals surface area contributed by atoms with Crippen LogP contribution in [0.5, 0.6) is 0 Å². The van der Waals surface area contributed by atoms with Crippen molar-refractivity contribution in [3.8, 4) is 0 Å². The van der Waals surface area contributed by atoms with Gasteiger partial charge in [-0.3, -0.25) is 9.13 Å². The van der Waals surface area contributed by atoms with Crippen molar-refractivity contribution in [2.75, 3.05) is 12.8 Å². The molecule has 1 fully saturated rings. The Morgan fingerprint density at radius 1 is 1.21 bits per heavy atom. The molecule has 0 saturated carbocycles. The maximum absolute atomic E-state index is 12.7. The minimum atomic E-state index is -3.20. The van der Waals surface area contributed by atoms with Crippen LogP contribution in [0.25, 0.3) is 16.7 Å². The molecule has 7 nitrogen and oxygen atoms in total. The van der Waals surface area contributed by atoms with Gasteiger partial charge in [-0.15, -0.1) is 0 Å². The van der Waals surface area contributed by atoms with E-state index >= 15 is 0 Å². The second-order valence-electron chi connectivity index (χ2n) is 9.32. The second-order valence-corrected chi connectivity index (χ2v) is 11.3.